The van der Waals surface area contributed by atoms with Gasteiger partial charge in [0, 0.05) is 24.3 Å². The van der Waals surface area contributed by atoms with Gasteiger partial charge in [-0.15, -0.1) is 0 Å². The molecule has 3 rings (SSSR count). The molecule has 0 aromatic heterocycles. The molecule has 2 aromatic carbocycles. The highest BCUT2D eigenvalue weighted by atomic mass is 16.5. The summed E-state index contributed by atoms with van der Waals surface area (Å²) in [5.74, 6) is -0.993. The number of hydrogen-bond donors (Lipinski definition) is 1. The van der Waals surface area contributed by atoms with Gasteiger partial charge < -0.3 is 19.7 Å². The quantitative estimate of drug-likeness (QED) is 0.709. The summed E-state index contributed by atoms with van der Waals surface area (Å²) in [4.78, 5) is 38.4. The van der Waals surface area contributed by atoms with Crippen molar-refractivity contribution in [3.05, 3.63) is 53.6 Å². The Morgan fingerprint density at radius 3 is 2.53 bits per heavy atom. The Morgan fingerprint density at radius 2 is 1.87 bits per heavy atom. The average molecular weight is 410 g/mol. The molecule has 30 heavy (non-hydrogen) atoms. The molecule has 0 aliphatic carbocycles. The molecule has 0 saturated carbocycles. The topological polar surface area (TPSA) is 84.9 Å². The van der Waals surface area contributed by atoms with E-state index < -0.39 is 17.8 Å². The van der Waals surface area contributed by atoms with Crippen molar-refractivity contribution in [3.8, 4) is 5.75 Å². The van der Waals surface area contributed by atoms with Gasteiger partial charge in [-0.05, 0) is 56.7 Å². The van der Waals surface area contributed by atoms with Gasteiger partial charge in [0.15, 0.2) is 6.61 Å². The van der Waals surface area contributed by atoms with E-state index in [1.807, 2.05) is 39.0 Å². The molecule has 1 N–H and O–H groups in total. The molecule has 2 aromatic rings. The Bertz CT molecular complexity index is 939. The van der Waals surface area contributed by atoms with Gasteiger partial charge in [0.25, 0.3) is 5.91 Å². The summed E-state index contributed by atoms with van der Waals surface area (Å²) in [6, 6.07) is 12.8. The molecule has 0 unspecified atom stereocenters. The molecular formula is C23H26N2O5. The Labute approximate surface area is 176 Å². The van der Waals surface area contributed by atoms with E-state index in [2.05, 4.69) is 5.32 Å². The van der Waals surface area contributed by atoms with Crippen LogP contribution < -0.4 is 15.0 Å². The van der Waals surface area contributed by atoms with Gasteiger partial charge in [-0.3, -0.25) is 14.4 Å². The van der Waals surface area contributed by atoms with Crippen molar-refractivity contribution >= 4 is 29.2 Å². The van der Waals surface area contributed by atoms with E-state index in [-0.39, 0.29) is 25.5 Å². The summed E-state index contributed by atoms with van der Waals surface area (Å²) in [7, 11) is 0. The molecule has 1 heterocycles. The SMILES string of the molecule is CCOc1ccc(N2C[C@@H](C(=O)OCC(=O)Nc3ccc(C)cc3C)CC2=O)cc1. The number of nitrogens with one attached hydrogen (secondary N) is 1. The van der Waals surface area contributed by atoms with E-state index in [1.165, 1.54) is 0 Å². The molecule has 1 atom stereocenters. The fourth-order valence-corrected chi connectivity index (χ4v) is 3.40. The van der Waals surface area contributed by atoms with E-state index in [0.717, 1.165) is 16.9 Å². The number of carbonyl (C=O) groups is 3. The number of aryl methyl sites for hydroxylation is 2. The Kier molecular flexibility index (Phi) is 6.72. The van der Waals surface area contributed by atoms with Crippen LogP contribution in [-0.2, 0) is 19.1 Å². The van der Waals surface area contributed by atoms with Gasteiger partial charge in [0.1, 0.15) is 5.75 Å². The third-order valence-electron chi connectivity index (χ3n) is 4.92. The normalized spacial score (nSPS) is 15.8. The first-order chi connectivity index (χ1) is 14.4. The van der Waals surface area contributed by atoms with Crippen LogP contribution in [0.4, 0.5) is 11.4 Å². The predicted octanol–water partition coefficient (Wildman–Crippen LogP) is 3.24. The number of benzene rings is 2. The lowest BCUT2D eigenvalue weighted by Gasteiger charge is -2.17. The van der Waals surface area contributed by atoms with Gasteiger partial charge in [0.2, 0.25) is 5.91 Å². The van der Waals surface area contributed by atoms with Gasteiger partial charge >= 0.3 is 5.97 Å². The lowest BCUT2D eigenvalue weighted by molar-refractivity contribution is -0.151. The third kappa shape index (κ3) is 5.17. The van der Waals surface area contributed by atoms with E-state index in [1.54, 1.807) is 29.2 Å². The zero-order valence-corrected chi connectivity index (χ0v) is 17.4. The molecule has 7 heteroatoms. The average Bonchev–Trinajstić information content (AvgIpc) is 3.11. The van der Waals surface area contributed by atoms with Crippen LogP contribution in [0.3, 0.4) is 0 Å². The predicted molar refractivity (Wildman–Crippen MR) is 114 cm³/mol. The second-order valence-corrected chi connectivity index (χ2v) is 7.31. The summed E-state index contributed by atoms with van der Waals surface area (Å²) in [6.07, 6.45) is 0.0603. The number of hydrogen-bond acceptors (Lipinski definition) is 5. The van der Waals surface area contributed by atoms with Crippen LogP contribution in [0.1, 0.15) is 24.5 Å². The standard InChI is InChI=1S/C23H26N2O5/c1-4-29-19-8-6-18(7-9-19)25-13-17(12-22(25)27)23(28)30-14-21(26)24-20-10-5-15(2)11-16(20)3/h5-11,17H,4,12-14H2,1-3H3,(H,24,26)/t17-/m0/s1. The summed E-state index contributed by atoms with van der Waals surface area (Å²) in [6.45, 7) is 6.17. The zero-order chi connectivity index (χ0) is 21.7. The molecule has 1 aliphatic heterocycles. The van der Waals surface area contributed by atoms with Crippen LogP contribution in [0.2, 0.25) is 0 Å². The Morgan fingerprint density at radius 1 is 1.13 bits per heavy atom. The summed E-state index contributed by atoms with van der Waals surface area (Å²) >= 11 is 0. The van der Waals surface area contributed by atoms with Gasteiger partial charge in [-0.2, -0.15) is 0 Å². The van der Waals surface area contributed by atoms with Crippen LogP contribution in [0.5, 0.6) is 5.75 Å². The van der Waals surface area contributed by atoms with Gasteiger partial charge in [-0.25, -0.2) is 0 Å². The number of carbonyl (C=O) groups excluding carboxylic acids is 3. The van der Waals surface area contributed by atoms with Crippen LogP contribution in [0.25, 0.3) is 0 Å². The molecule has 1 aliphatic rings. The van der Waals surface area contributed by atoms with Crippen LogP contribution >= 0.6 is 0 Å². The highest BCUT2D eigenvalue weighted by Gasteiger charge is 2.36. The first kappa shape index (κ1) is 21.4. The molecular weight excluding hydrogens is 384 g/mol. The lowest BCUT2D eigenvalue weighted by Crippen LogP contribution is -2.28. The third-order valence-corrected chi connectivity index (χ3v) is 4.92. The highest BCUT2D eigenvalue weighted by molar-refractivity contribution is 6.00. The number of esters is 1. The molecule has 0 bridgehead atoms. The largest absolute Gasteiger partial charge is 0.494 e. The van der Waals surface area contributed by atoms with Gasteiger partial charge in [-0.1, -0.05) is 17.7 Å². The maximum Gasteiger partial charge on any atom is 0.311 e. The van der Waals surface area contributed by atoms with Crippen molar-refractivity contribution in [2.75, 3.05) is 30.0 Å². The van der Waals surface area contributed by atoms with Crippen LogP contribution in [0.15, 0.2) is 42.5 Å². The Hall–Kier alpha value is -3.35. The first-order valence-electron chi connectivity index (χ1n) is 9.94. The van der Waals surface area contributed by atoms with Crippen LogP contribution in [-0.4, -0.2) is 37.5 Å². The molecule has 1 saturated heterocycles. The molecule has 158 valence electrons. The molecule has 1 fully saturated rings. The van der Waals surface area contributed by atoms with Crippen molar-refractivity contribution in [3.63, 3.8) is 0 Å². The fraction of sp³-hybridized carbons (Fsp3) is 0.348. The van der Waals surface area contributed by atoms with E-state index >= 15 is 0 Å². The summed E-state index contributed by atoms with van der Waals surface area (Å²) in [5.41, 5.74) is 3.41. The second-order valence-electron chi connectivity index (χ2n) is 7.31. The number of amides is 2. The van der Waals surface area contributed by atoms with Crippen molar-refractivity contribution < 1.29 is 23.9 Å². The monoisotopic (exact) mass is 410 g/mol. The maximum absolute atomic E-state index is 12.4. The molecule has 0 radical (unpaired) electrons. The maximum atomic E-state index is 12.4. The van der Waals surface area contributed by atoms with Crippen molar-refractivity contribution in [1.82, 2.24) is 0 Å². The number of nitrogens with zero attached hydrogens (tertiary/aromatic N) is 1. The van der Waals surface area contributed by atoms with E-state index in [9.17, 15) is 14.4 Å². The number of anilines is 2. The first-order valence-corrected chi connectivity index (χ1v) is 9.94. The minimum Gasteiger partial charge on any atom is -0.494 e. The highest BCUT2D eigenvalue weighted by Crippen LogP contribution is 2.27. The Balaban J connectivity index is 1.52. The lowest BCUT2D eigenvalue weighted by atomic mass is 10.1. The van der Waals surface area contributed by atoms with Gasteiger partial charge in [0.05, 0.1) is 12.5 Å². The fourth-order valence-electron chi connectivity index (χ4n) is 3.40. The summed E-state index contributed by atoms with van der Waals surface area (Å²) < 4.78 is 10.6. The number of ether oxygens (including phenoxy) is 2. The van der Waals surface area contributed by atoms with E-state index in [0.29, 0.717) is 18.0 Å². The number of rotatable bonds is 7. The van der Waals surface area contributed by atoms with Crippen molar-refractivity contribution in [1.29, 1.82) is 0 Å². The molecule has 7 nitrogen and oxygen atoms in total. The minimum absolute atomic E-state index is 0.0603. The second kappa shape index (κ2) is 9.43. The smallest absolute Gasteiger partial charge is 0.311 e. The zero-order valence-electron chi connectivity index (χ0n) is 17.4. The van der Waals surface area contributed by atoms with E-state index in [4.69, 9.17) is 9.47 Å². The summed E-state index contributed by atoms with van der Waals surface area (Å²) in [5, 5.41) is 2.74. The molecule has 2 amide bonds. The van der Waals surface area contributed by atoms with Crippen molar-refractivity contribution in [2.45, 2.75) is 27.2 Å². The van der Waals surface area contributed by atoms with Crippen molar-refractivity contribution in [2.24, 2.45) is 5.92 Å². The van der Waals surface area contributed by atoms with Crippen LogP contribution in [0, 0.1) is 19.8 Å². The molecule has 0 spiro atoms. The minimum atomic E-state index is -0.599.